The van der Waals surface area contributed by atoms with Crippen LogP contribution in [-0.2, 0) is 6.54 Å². The third kappa shape index (κ3) is 3.07. The van der Waals surface area contributed by atoms with E-state index in [-0.39, 0.29) is 17.7 Å². The summed E-state index contributed by atoms with van der Waals surface area (Å²) in [5.74, 6) is 1.40. The van der Waals surface area contributed by atoms with Gasteiger partial charge in [-0.3, -0.25) is 4.90 Å². The van der Waals surface area contributed by atoms with Crippen LogP contribution in [0.5, 0.6) is 0 Å². The number of hydrogen-bond donors (Lipinski definition) is 1. The van der Waals surface area contributed by atoms with Crippen molar-refractivity contribution in [1.29, 1.82) is 0 Å². The number of likely N-dealkylation sites (tertiary alicyclic amines) is 1. The lowest BCUT2D eigenvalue weighted by atomic mass is 10.2. The highest BCUT2D eigenvalue weighted by Gasteiger charge is 2.30. The summed E-state index contributed by atoms with van der Waals surface area (Å²) in [7, 11) is 0. The average molecular weight is 341 g/mol. The molecule has 0 radical (unpaired) electrons. The summed E-state index contributed by atoms with van der Waals surface area (Å²) < 4.78 is 19.1. The Hall–Kier alpha value is -2.54. The maximum Gasteiger partial charge on any atom is 0.260 e. The smallest absolute Gasteiger partial charge is 0.260 e. The monoisotopic (exact) mass is 341 g/mol. The minimum atomic E-state index is -0.363. The van der Waals surface area contributed by atoms with E-state index in [1.54, 1.807) is 18.2 Å². The van der Waals surface area contributed by atoms with E-state index in [1.807, 2.05) is 13.8 Å². The third-order valence-electron chi connectivity index (χ3n) is 4.74. The Kier molecular flexibility index (Phi) is 4.09. The van der Waals surface area contributed by atoms with Crippen LogP contribution in [0, 0.1) is 19.7 Å². The van der Waals surface area contributed by atoms with E-state index in [2.05, 4.69) is 25.0 Å². The Morgan fingerprint density at radius 1 is 1.28 bits per heavy atom. The third-order valence-corrected chi connectivity index (χ3v) is 4.74. The molecule has 1 aliphatic heterocycles. The Balaban J connectivity index is 1.53. The van der Waals surface area contributed by atoms with Crippen molar-refractivity contribution in [3.8, 4) is 11.5 Å². The van der Waals surface area contributed by atoms with Gasteiger partial charge >= 0.3 is 0 Å². The maximum atomic E-state index is 13.9. The lowest BCUT2D eigenvalue weighted by Gasteiger charge is -2.20. The van der Waals surface area contributed by atoms with Gasteiger partial charge in [-0.1, -0.05) is 17.3 Å². The fourth-order valence-electron chi connectivity index (χ4n) is 3.30. The second-order valence-corrected chi connectivity index (χ2v) is 6.46. The van der Waals surface area contributed by atoms with E-state index in [0.29, 0.717) is 17.9 Å². The molecule has 4 rings (SSSR count). The number of benzene rings is 1. The first-order valence-electron chi connectivity index (χ1n) is 8.46. The average Bonchev–Trinajstić information content (AvgIpc) is 3.30. The van der Waals surface area contributed by atoms with Gasteiger partial charge in [-0.2, -0.15) is 4.98 Å². The van der Waals surface area contributed by atoms with Gasteiger partial charge in [0.05, 0.1) is 23.8 Å². The lowest BCUT2D eigenvalue weighted by molar-refractivity contribution is 0.231. The minimum Gasteiger partial charge on any atom is -0.345 e. The van der Waals surface area contributed by atoms with Gasteiger partial charge in [0.15, 0.2) is 5.82 Å². The molecule has 1 N–H and O–H groups in total. The summed E-state index contributed by atoms with van der Waals surface area (Å²) >= 11 is 0. The molecular weight excluding hydrogens is 321 g/mol. The first kappa shape index (κ1) is 16.0. The summed E-state index contributed by atoms with van der Waals surface area (Å²) in [6.07, 6.45) is 2.14. The van der Waals surface area contributed by atoms with Crippen LogP contribution in [0.3, 0.4) is 0 Å². The van der Waals surface area contributed by atoms with Crippen molar-refractivity contribution < 1.29 is 8.91 Å². The van der Waals surface area contributed by atoms with Crippen LogP contribution in [-0.4, -0.2) is 31.6 Å². The molecule has 130 valence electrons. The van der Waals surface area contributed by atoms with Crippen LogP contribution in [0.4, 0.5) is 4.39 Å². The molecule has 6 nitrogen and oxygen atoms in total. The number of nitrogens with one attached hydrogen (secondary N) is 1. The van der Waals surface area contributed by atoms with Crippen molar-refractivity contribution in [2.24, 2.45) is 0 Å². The predicted octanol–water partition coefficient (Wildman–Crippen LogP) is 3.55. The standard InChI is InChI=1S/C18H20FN5O/c1-11-12(2)21-17(20-11)15-8-5-9-24(15)10-16-22-18(25-23-16)13-6-3-4-7-14(13)19/h3-4,6-7,15H,5,8-10H2,1-2H3,(H,20,21). The molecule has 2 aromatic heterocycles. The Morgan fingerprint density at radius 3 is 2.88 bits per heavy atom. The van der Waals surface area contributed by atoms with Crippen molar-refractivity contribution in [3.05, 3.63) is 53.1 Å². The number of H-pyrrole nitrogens is 1. The number of rotatable bonds is 4. The molecular formula is C18H20FN5O. The van der Waals surface area contributed by atoms with Crippen molar-refractivity contribution in [3.63, 3.8) is 0 Å². The zero-order valence-corrected chi connectivity index (χ0v) is 14.3. The lowest BCUT2D eigenvalue weighted by Crippen LogP contribution is -2.24. The number of imidazole rings is 1. The molecule has 3 heterocycles. The van der Waals surface area contributed by atoms with Crippen LogP contribution < -0.4 is 0 Å². The van der Waals surface area contributed by atoms with Crippen LogP contribution in [0.15, 0.2) is 28.8 Å². The molecule has 0 spiro atoms. The van der Waals surface area contributed by atoms with Gasteiger partial charge in [0, 0.05) is 5.69 Å². The number of aromatic nitrogens is 4. The van der Waals surface area contributed by atoms with Crippen LogP contribution >= 0.6 is 0 Å². The first-order valence-corrected chi connectivity index (χ1v) is 8.46. The molecule has 0 bridgehead atoms. The summed E-state index contributed by atoms with van der Waals surface area (Å²) in [5.41, 5.74) is 2.46. The summed E-state index contributed by atoms with van der Waals surface area (Å²) in [5, 5.41) is 4.02. The number of aryl methyl sites for hydroxylation is 2. The number of nitrogens with zero attached hydrogens (tertiary/aromatic N) is 4. The number of aromatic amines is 1. The van der Waals surface area contributed by atoms with Crippen molar-refractivity contribution in [2.75, 3.05) is 6.54 Å². The Labute approximate surface area is 145 Å². The topological polar surface area (TPSA) is 70.8 Å². The van der Waals surface area contributed by atoms with Crippen LogP contribution in [0.25, 0.3) is 11.5 Å². The largest absolute Gasteiger partial charge is 0.345 e. The van der Waals surface area contributed by atoms with E-state index in [1.165, 1.54) is 6.07 Å². The number of hydrogen-bond acceptors (Lipinski definition) is 5. The molecule has 0 saturated carbocycles. The fourth-order valence-corrected chi connectivity index (χ4v) is 3.30. The zero-order valence-electron chi connectivity index (χ0n) is 14.3. The molecule has 0 aliphatic carbocycles. The summed E-state index contributed by atoms with van der Waals surface area (Å²) in [6, 6.07) is 6.64. The van der Waals surface area contributed by atoms with Gasteiger partial charge in [-0.25, -0.2) is 9.37 Å². The zero-order chi connectivity index (χ0) is 17.4. The molecule has 1 fully saturated rings. The summed E-state index contributed by atoms with van der Waals surface area (Å²) in [4.78, 5) is 14.7. The van der Waals surface area contributed by atoms with E-state index < -0.39 is 0 Å². The van der Waals surface area contributed by atoms with Gasteiger partial charge in [0.2, 0.25) is 0 Å². The van der Waals surface area contributed by atoms with Crippen molar-refractivity contribution in [1.82, 2.24) is 25.0 Å². The molecule has 1 unspecified atom stereocenters. The molecule has 0 amide bonds. The fraction of sp³-hybridized carbons (Fsp3) is 0.389. The predicted molar refractivity (Wildman–Crippen MR) is 90.1 cm³/mol. The van der Waals surface area contributed by atoms with Crippen molar-refractivity contribution in [2.45, 2.75) is 39.3 Å². The molecule has 25 heavy (non-hydrogen) atoms. The summed E-state index contributed by atoms with van der Waals surface area (Å²) in [6.45, 7) is 5.55. The van der Waals surface area contributed by atoms with E-state index in [0.717, 1.165) is 36.6 Å². The maximum absolute atomic E-state index is 13.9. The van der Waals surface area contributed by atoms with Gasteiger partial charge < -0.3 is 9.51 Å². The molecule has 7 heteroatoms. The first-order chi connectivity index (χ1) is 12.1. The van der Waals surface area contributed by atoms with E-state index >= 15 is 0 Å². The highest BCUT2D eigenvalue weighted by molar-refractivity contribution is 5.53. The van der Waals surface area contributed by atoms with Crippen molar-refractivity contribution >= 4 is 0 Å². The van der Waals surface area contributed by atoms with Gasteiger partial charge in [0.25, 0.3) is 5.89 Å². The van der Waals surface area contributed by atoms with E-state index in [4.69, 9.17) is 4.52 Å². The molecule has 1 saturated heterocycles. The van der Waals surface area contributed by atoms with Crippen LogP contribution in [0.2, 0.25) is 0 Å². The highest BCUT2D eigenvalue weighted by atomic mass is 19.1. The quantitative estimate of drug-likeness (QED) is 0.786. The highest BCUT2D eigenvalue weighted by Crippen LogP contribution is 2.32. The van der Waals surface area contributed by atoms with Crippen LogP contribution in [0.1, 0.15) is 41.9 Å². The number of halogens is 1. The SMILES string of the molecule is Cc1nc(C2CCCN2Cc2noc(-c3ccccc3F)n2)[nH]c1C. The van der Waals surface area contributed by atoms with E-state index in [9.17, 15) is 4.39 Å². The molecule has 3 aromatic rings. The second kappa shape index (κ2) is 6.40. The normalized spacial score (nSPS) is 18.1. The molecule has 1 aliphatic rings. The van der Waals surface area contributed by atoms with Gasteiger partial charge in [-0.05, 0) is 45.4 Å². The Morgan fingerprint density at radius 2 is 2.12 bits per heavy atom. The van der Waals surface area contributed by atoms with Gasteiger partial charge in [0.1, 0.15) is 11.6 Å². The molecule has 1 aromatic carbocycles. The minimum absolute atomic E-state index is 0.216. The second-order valence-electron chi connectivity index (χ2n) is 6.46. The van der Waals surface area contributed by atoms with Gasteiger partial charge in [-0.15, -0.1) is 0 Å². The Bertz CT molecular complexity index is 868. The molecule has 1 atom stereocenters.